The van der Waals surface area contributed by atoms with Gasteiger partial charge in [0.1, 0.15) is 171 Å². The molecule has 0 unspecified atom stereocenters. The summed E-state index contributed by atoms with van der Waals surface area (Å²) in [4.78, 5) is 27.2. The van der Waals surface area contributed by atoms with Crippen molar-refractivity contribution in [1.82, 2.24) is 18.7 Å². The zero-order valence-corrected chi connectivity index (χ0v) is 48.4. The Morgan fingerprint density at radius 1 is 0.308 bits per heavy atom. The van der Waals surface area contributed by atoms with Crippen molar-refractivity contribution in [3.05, 3.63) is 27.2 Å². The van der Waals surface area contributed by atoms with Crippen molar-refractivity contribution in [2.75, 3.05) is 46.2 Å². The van der Waals surface area contributed by atoms with Gasteiger partial charge in [0.2, 0.25) is 0 Å². The SMILES string of the molecule is Cn1c(=O)c2c(ncn2C)n(C)c1=O.OC[C@H]1O[C@@H]2O[C@H]3[C@H](O)[C@@H](O)[C@@H](O[C@H]4[C@H](O)[C@@H](O)[C@@H](O[C@H]5[C@H](O)[C@@H](O)[C@@H](O[C@H]6[C@H](O)[C@@H](O)[C@@H](O[C@H]7[C@H](O)[C@@H](O)[C@@H](O[C@H]8[C@H](O)[C@@H](O)[C@@H](O[C@H]1[C@H](O)[C@H]2O)O[C@@H]8CO)O[C@@H]7CO)O[C@@H]6CO)O[C@@H]5CO)O[C@@H]4CO)O[C@@H]3CO. The van der Waals surface area contributed by atoms with Gasteiger partial charge in [-0.1, -0.05) is 0 Å². The molecule has 41 heteroatoms. The molecule has 35 atom stereocenters. The van der Waals surface area contributed by atoms with Crippen molar-refractivity contribution in [3.63, 3.8) is 0 Å². The van der Waals surface area contributed by atoms with Crippen molar-refractivity contribution >= 4 is 11.2 Å². The van der Waals surface area contributed by atoms with Gasteiger partial charge in [-0.2, -0.15) is 0 Å². The molecule has 0 spiro atoms. The molecule has 0 saturated carbocycles. The van der Waals surface area contributed by atoms with E-state index in [2.05, 4.69) is 4.98 Å². The number of fused-ring (bicyclic) bond motifs is 1. The molecule has 2 aromatic heterocycles. The molecule has 41 nitrogen and oxygen atoms in total. The van der Waals surface area contributed by atoms with Gasteiger partial charge in [0.05, 0.1) is 52.6 Å². The summed E-state index contributed by atoms with van der Waals surface area (Å²) in [5.74, 6) is 0. The summed E-state index contributed by atoms with van der Waals surface area (Å²) in [5.41, 5.74) is 0.180. The van der Waals surface area contributed by atoms with Gasteiger partial charge >= 0.3 is 5.69 Å². The monoisotopic (exact) mass is 1330 g/mol. The van der Waals surface area contributed by atoms with Gasteiger partial charge in [-0.15, -0.1) is 0 Å². The van der Waals surface area contributed by atoms with Crippen LogP contribution in [0.5, 0.6) is 0 Å². The number of ether oxygens (including phenoxy) is 14. The predicted octanol–water partition coefficient (Wildman–Crippen LogP) is -16.3. The highest BCUT2D eigenvalue weighted by Crippen LogP contribution is 2.39. The van der Waals surface area contributed by atoms with E-state index in [0.717, 1.165) is 4.57 Å². The second-order valence-corrected chi connectivity index (χ2v) is 22.9. The van der Waals surface area contributed by atoms with Crippen LogP contribution < -0.4 is 11.2 Å². The number of imidazole rings is 1. The van der Waals surface area contributed by atoms with Gasteiger partial charge in [-0.3, -0.25) is 13.9 Å². The summed E-state index contributed by atoms with van der Waals surface area (Å²) >= 11 is 0. The van der Waals surface area contributed by atoms with E-state index in [9.17, 15) is 117 Å². The lowest BCUT2D eigenvalue weighted by Gasteiger charge is -2.50. The molecule has 23 rings (SSSR count). The highest BCUT2D eigenvalue weighted by Gasteiger charge is 2.59. The van der Waals surface area contributed by atoms with E-state index in [1.165, 1.54) is 17.9 Å². The number of hydrogen-bond acceptors (Lipinski definition) is 38. The number of hydrogen-bond donors (Lipinski definition) is 21. The van der Waals surface area contributed by atoms with Crippen LogP contribution in [0.15, 0.2) is 15.9 Å². The summed E-state index contributed by atoms with van der Waals surface area (Å²) < 4.78 is 83.5. The fourth-order valence-corrected chi connectivity index (χ4v) is 11.9. The molecule has 0 radical (unpaired) electrons. The summed E-state index contributed by atoms with van der Waals surface area (Å²) in [7, 11) is 4.77. The van der Waals surface area contributed by atoms with Crippen LogP contribution in [0.1, 0.15) is 0 Å². The minimum absolute atomic E-state index is 0.317. The van der Waals surface area contributed by atoms with E-state index in [0.29, 0.717) is 11.2 Å². The Morgan fingerprint density at radius 2 is 0.495 bits per heavy atom. The Morgan fingerprint density at radius 3 is 0.670 bits per heavy atom. The largest absolute Gasteiger partial charge is 0.394 e. The lowest BCUT2D eigenvalue weighted by atomic mass is 9.95. The number of rotatable bonds is 7. The maximum atomic E-state index is 11.7. The van der Waals surface area contributed by atoms with Crippen LogP contribution in [0.4, 0.5) is 0 Å². The van der Waals surface area contributed by atoms with Gasteiger partial charge < -0.3 is 178 Å². The molecule has 0 amide bonds. The van der Waals surface area contributed by atoms with Crippen molar-refractivity contribution in [3.8, 4) is 0 Å². The molecule has 522 valence electrons. The first-order chi connectivity index (χ1) is 43.2. The lowest BCUT2D eigenvalue weighted by Crippen LogP contribution is -2.68. The normalized spacial score (nSPS) is 48.5. The predicted molar refractivity (Wildman–Crippen MR) is 280 cm³/mol. The number of aliphatic hydroxyl groups is 21. The van der Waals surface area contributed by atoms with E-state index in [1.807, 2.05) is 0 Å². The second-order valence-electron chi connectivity index (χ2n) is 22.9. The molecule has 21 aliphatic heterocycles. The van der Waals surface area contributed by atoms with Crippen LogP contribution >= 0.6 is 0 Å². The molecule has 0 aliphatic carbocycles. The molecule has 21 fully saturated rings. The molecule has 0 aromatic carbocycles. The average molecular weight is 1330 g/mol. The zero-order valence-electron chi connectivity index (χ0n) is 48.4. The number of aliphatic hydroxyl groups excluding tert-OH is 21. The van der Waals surface area contributed by atoms with E-state index >= 15 is 0 Å². The van der Waals surface area contributed by atoms with Gasteiger partial charge in [0.15, 0.2) is 55.2 Å². The highest BCUT2D eigenvalue weighted by atomic mass is 16.8. The Bertz CT molecular complexity index is 2420. The Labute approximate surface area is 512 Å². The fraction of sp³-hybridized carbons (Fsp3) is 0.900. The third-order valence-corrected chi connectivity index (χ3v) is 17.1. The molecule has 21 saturated heterocycles. The van der Waals surface area contributed by atoms with Crippen LogP contribution in [0, 0.1) is 0 Å². The standard InChI is InChI=1S/C42H70O35.C8H10N4O2/c43-1-8-29-15(50)22(57)36(64-8)72-30-9(2-44)66-38(24(59)17(30)52)74-32-11(4-46)68-40(26(61)19(32)54)76-34-13(6-48)70-42(28(63)21(34)56)77-35-14(7-49)69-41(27(62)20(35)55)75-33-12(5-47)67-39(25(60)18(33)53)73-31-10(3-45)65-37(71-29)23(58)16(31)51;1-10-4-9-6-5(10)7(13)12(3)8(14)11(6)2/h8-63H,1-7H2;4H,1-3H3/t8-,9-,10-,11-,12-,13-,14-,15-,16-,17-,18-,19-,20-,21-,22-,23-,24-,25-,26-,27-,28-,29-,30-,31-,32-,33-,34-,35-,36-,37-,38-,39-,40-,41-,42-;/m1./s1. The first-order valence-electron chi connectivity index (χ1n) is 28.7. The van der Waals surface area contributed by atoms with Crippen molar-refractivity contribution < 1.29 is 174 Å². The highest BCUT2D eigenvalue weighted by molar-refractivity contribution is 5.69. The van der Waals surface area contributed by atoms with E-state index in [-0.39, 0.29) is 11.2 Å². The summed E-state index contributed by atoms with van der Waals surface area (Å²) in [5, 5.41) is 230. The van der Waals surface area contributed by atoms with E-state index < -0.39 is 261 Å². The maximum Gasteiger partial charge on any atom is 0.332 e. The van der Waals surface area contributed by atoms with Crippen molar-refractivity contribution in [2.45, 2.75) is 215 Å². The van der Waals surface area contributed by atoms with Crippen molar-refractivity contribution in [2.24, 2.45) is 21.1 Å². The van der Waals surface area contributed by atoms with E-state index in [4.69, 9.17) is 66.3 Å². The van der Waals surface area contributed by atoms with Crippen LogP contribution in [0.3, 0.4) is 0 Å². The van der Waals surface area contributed by atoms with Crippen LogP contribution in [0.25, 0.3) is 11.2 Å². The van der Waals surface area contributed by atoms with Crippen LogP contribution in [0.2, 0.25) is 0 Å². The molecule has 2 aromatic rings. The number of aryl methyl sites for hydroxylation is 2. The topological polar surface area (TPSA) is 616 Å². The van der Waals surface area contributed by atoms with Gasteiger partial charge in [0, 0.05) is 21.1 Å². The van der Waals surface area contributed by atoms with Crippen LogP contribution in [-0.2, 0) is 87.5 Å². The van der Waals surface area contributed by atoms with Crippen LogP contribution in [-0.4, -0.2) is 387 Å². The molecule has 23 heterocycles. The molecular weight excluding hydrogens is 1250 g/mol. The minimum Gasteiger partial charge on any atom is -0.394 e. The van der Waals surface area contributed by atoms with Gasteiger partial charge in [0.25, 0.3) is 5.56 Å². The quantitative estimate of drug-likeness (QED) is 0.122. The fourth-order valence-electron chi connectivity index (χ4n) is 11.9. The first-order valence-corrected chi connectivity index (χ1v) is 28.7. The minimum atomic E-state index is -2.21. The molecule has 21 aliphatic rings. The maximum absolute atomic E-state index is 11.7. The number of nitrogens with zero attached hydrogens (tertiary/aromatic N) is 4. The Kier molecular flexibility index (Phi) is 23.8. The molecule has 21 N–H and O–H groups in total. The lowest BCUT2D eigenvalue weighted by molar-refractivity contribution is -0.396. The van der Waals surface area contributed by atoms with Crippen molar-refractivity contribution in [1.29, 1.82) is 0 Å². The Balaban J connectivity index is 0.000000613. The van der Waals surface area contributed by atoms with Gasteiger partial charge in [-0.05, 0) is 0 Å². The molecular formula is C50H80N4O37. The first kappa shape index (κ1) is 72.0. The Hall–Kier alpha value is -3.25. The third-order valence-electron chi connectivity index (χ3n) is 17.1. The summed E-state index contributed by atoms with van der Waals surface area (Å²) in [6, 6.07) is 0. The molecule has 14 bridgehead atoms. The smallest absolute Gasteiger partial charge is 0.332 e. The number of aromatic nitrogens is 4. The summed E-state index contributed by atoms with van der Waals surface area (Å²) in [6.07, 6.45) is -68.7. The van der Waals surface area contributed by atoms with E-state index in [1.54, 1.807) is 18.7 Å². The third kappa shape index (κ3) is 13.9. The summed E-state index contributed by atoms with van der Waals surface area (Å²) in [6.45, 7) is -7.33. The zero-order chi connectivity index (χ0) is 66.5. The van der Waals surface area contributed by atoms with Gasteiger partial charge in [-0.25, -0.2) is 9.78 Å². The average Bonchev–Trinajstić information content (AvgIpc) is 1.58. The molecule has 91 heavy (non-hydrogen) atoms. The second kappa shape index (κ2) is 30.0.